The highest BCUT2D eigenvalue weighted by Crippen LogP contribution is 2.25. The van der Waals surface area contributed by atoms with Crippen LogP contribution in [0.5, 0.6) is 0 Å². The second-order valence-corrected chi connectivity index (χ2v) is 9.82. The maximum absolute atomic E-state index is 13.5. The van der Waals surface area contributed by atoms with Crippen LogP contribution >= 0.6 is 35.0 Å². The van der Waals surface area contributed by atoms with Crippen molar-refractivity contribution in [3.8, 4) is 0 Å². The van der Waals surface area contributed by atoms with Crippen molar-refractivity contribution in [1.29, 1.82) is 0 Å². The maximum Gasteiger partial charge on any atom is 0.269 e. The van der Waals surface area contributed by atoms with Gasteiger partial charge in [0, 0.05) is 47.9 Å². The molecule has 0 bridgehead atoms. The largest absolute Gasteiger partial charge is 0.357 e. The van der Waals surface area contributed by atoms with E-state index in [4.69, 9.17) is 23.2 Å². The molecule has 3 aromatic carbocycles. The van der Waals surface area contributed by atoms with Gasteiger partial charge in [-0.1, -0.05) is 71.7 Å². The van der Waals surface area contributed by atoms with Crippen LogP contribution in [0.3, 0.4) is 0 Å². The van der Waals surface area contributed by atoms with Gasteiger partial charge in [-0.15, -0.1) is 11.8 Å². The number of halogens is 2. The Morgan fingerprint density at radius 3 is 2.33 bits per heavy atom. The number of rotatable bonds is 11. The Bertz CT molecular complexity index is 1210. The number of nitrogens with zero attached hydrogens (tertiary/aromatic N) is 2. The molecule has 36 heavy (non-hydrogen) atoms. The molecule has 188 valence electrons. The van der Waals surface area contributed by atoms with Gasteiger partial charge in [-0.2, -0.15) is 0 Å². The molecule has 0 fully saturated rings. The second kappa shape index (κ2) is 13.3. The highest BCUT2D eigenvalue weighted by atomic mass is 35.5. The average Bonchev–Trinajstić information content (AvgIpc) is 2.87. The quantitative estimate of drug-likeness (QED) is 0.253. The van der Waals surface area contributed by atoms with Crippen molar-refractivity contribution in [3.63, 3.8) is 0 Å². The van der Waals surface area contributed by atoms with Crippen LogP contribution in [-0.4, -0.2) is 40.5 Å². The van der Waals surface area contributed by atoms with Crippen molar-refractivity contribution in [3.05, 3.63) is 110 Å². The number of hydrogen-bond acceptors (Lipinski definition) is 5. The minimum Gasteiger partial charge on any atom is -0.357 e. The third kappa shape index (κ3) is 7.71. The number of non-ortho nitro benzene ring substituents is 1. The summed E-state index contributed by atoms with van der Waals surface area (Å²) in [4.78, 5) is 38.4. The lowest BCUT2D eigenvalue weighted by Gasteiger charge is -2.31. The molecule has 3 aromatic rings. The SMILES string of the molecule is CNC(=O)[C@H](Cc1ccccc1)N(Cc1ccc(Cl)cc1Cl)C(=O)CSCc1ccc([N+](=O)[O-])cc1. The molecule has 0 aliphatic carbocycles. The Kier molecular flexibility index (Phi) is 10.2. The van der Waals surface area contributed by atoms with Gasteiger partial charge < -0.3 is 10.2 Å². The highest BCUT2D eigenvalue weighted by molar-refractivity contribution is 7.99. The zero-order valence-corrected chi connectivity index (χ0v) is 21.9. The van der Waals surface area contributed by atoms with Gasteiger partial charge in [0.15, 0.2) is 0 Å². The van der Waals surface area contributed by atoms with E-state index in [1.54, 1.807) is 42.3 Å². The molecule has 0 aliphatic heterocycles. The number of nitrogens with one attached hydrogen (secondary N) is 1. The van der Waals surface area contributed by atoms with Gasteiger partial charge in [0.25, 0.3) is 5.69 Å². The normalized spacial score (nSPS) is 11.5. The molecule has 0 spiro atoms. The molecule has 0 saturated heterocycles. The topological polar surface area (TPSA) is 92.6 Å². The third-order valence-electron chi connectivity index (χ3n) is 5.51. The lowest BCUT2D eigenvalue weighted by atomic mass is 10.0. The van der Waals surface area contributed by atoms with Crippen LogP contribution in [0.4, 0.5) is 5.69 Å². The first-order chi connectivity index (χ1) is 17.3. The average molecular weight is 546 g/mol. The molecule has 0 radical (unpaired) electrons. The van der Waals surface area contributed by atoms with E-state index in [1.165, 1.54) is 23.9 Å². The first-order valence-corrected chi connectivity index (χ1v) is 13.0. The number of carbonyl (C=O) groups excluding carboxylic acids is 2. The zero-order chi connectivity index (χ0) is 26.1. The summed E-state index contributed by atoms with van der Waals surface area (Å²) in [6.07, 6.45) is 0.338. The van der Waals surface area contributed by atoms with Crippen LogP contribution in [0.2, 0.25) is 10.0 Å². The Morgan fingerprint density at radius 2 is 1.72 bits per heavy atom. The molecule has 0 aromatic heterocycles. The van der Waals surface area contributed by atoms with Gasteiger partial charge in [-0.25, -0.2) is 0 Å². The number of hydrogen-bond donors (Lipinski definition) is 1. The Hall–Kier alpha value is -3.07. The molecule has 1 N–H and O–H groups in total. The summed E-state index contributed by atoms with van der Waals surface area (Å²) in [5.74, 6) is 0.0997. The summed E-state index contributed by atoms with van der Waals surface area (Å²) >= 11 is 13.8. The third-order valence-corrected chi connectivity index (χ3v) is 7.09. The van der Waals surface area contributed by atoms with Gasteiger partial charge in [0.05, 0.1) is 10.7 Å². The first kappa shape index (κ1) is 27.5. The van der Waals surface area contributed by atoms with E-state index in [0.29, 0.717) is 27.8 Å². The van der Waals surface area contributed by atoms with Gasteiger partial charge in [-0.3, -0.25) is 19.7 Å². The fraction of sp³-hybridized carbons (Fsp3) is 0.231. The molecule has 2 amide bonds. The molecular formula is C26H25Cl2N3O4S. The van der Waals surface area contributed by atoms with Gasteiger partial charge >= 0.3 is 0 Å². The number of nitro benzene ring substituents is 1. The van der Waals surface area contributed by atoms with Gasteiger partial charge in [-0.05, 0) is 28.8 Å². The predicted molar refractivity (Wildman–Crippen MR) is 144 cm³/mol. The van der Waals surface area contributed by atoms with E-state index >= 15 is 0 Å². The number of thioether (sulfide) groups is 1. The van der Waals surface area contributed by atoms with Crippen LogP contribution in [-0.2, 0) is 28.3 Å². The second-order valence-electron chi connectivity index (χ2n) is 7.99. The van der Waals surface area contributed by atoms with E-state index in [2.05, 4.69) is 5.32 Å². The lowest BCUT2D eigenvalue weighted by Crippen LogP contribution is -2.50. The maximum atomic E-state index is 13.5. The minimum absolute atomic E-state index is 0.0141. The highest BCUT2D eigenvalue weighted by Gasteiger charge is 2.30. The summed E-state index contributed by atoms with van der Waals surface area (Å²) < 4.78 is 0. The van der Waals surface area contributed by atoms with Crippen LogP contribution in [0, 0.1) is 10.1 Å². The standard InChI is InChI=1S/C26H25Cl2N3O4S/c1-29-26(33)24(13-18-5-3-2-4-6-18)30(15-20-9-10-21(27)14-23(20)28)25(32)17-36-16-19-7-11-22(12-8-19)31(34)35/h2-12,14,24H,13,15-17H2,1H3,(H,29,33)/t24-/m0/s1. The van der Waals surface area contributed by atoms with Crippen LogP contribution < -0.4 is 5.32 Å². The van der Waals surface area contributed by atoms with Crippen LogP contribution in [0.25, 0.3) is 0 Å². The minimum atomic E-state index is -0.753. The van der Waals surface area contributed by atoms with Gasteiger partial charge in [0.2, 0.25) is 11.8 Å². The van der Waals surface area contributed by atoms with Crippen molar-refractivity contribution in [2.45, 2.75) is 24.8 Å². The smallest absolute Gasteiger partial charge is 0.269 e. The number of nitro groups is 1. The molecule has 10 heteroatoms. The molecule has 0 unspecified atom stereocenters. The molecular weight excluding hydrogens is 521 g/mol. The van der Waals surface area contributed by atoms with Crippen molar-refractivity contribution < 1.29 is 14.5 Å². The number of carbonyl (C=O) groups is 2. The van der Waals surface area contributed by atoms with Crippen molar-refractivity contribution in [2.24, 2.45) is 0 Å². The number of amides is 2. The van der Waals surface area contributed by atoms with E-state index in [-0.39, 0.29) is 29.8 Å². The molecule has 0 saturated carbocycles. The molecule has 0 aliphatic rings. The summed E-state index contributed by atoms with van der Waals surface area (Å²) in [6, 6.07) is 20.0. The Morgan fingerprint density at radius 1 is 1.03 bits per heavy atom. The number of benzene rings is 3. The Labute approximate surface area is 223 Å². The van der Waals surface area contributed by atoms with E-state index in [1.807, 2.05) is 30.3 Å². The summed E-state index contributed by atoms with van der Waals surface area (Å²) in [6.45, 7) is 0.137. The monoisotopic (exact) mass is 545 g/mol. The molecule has 1 atom stereocenters. The summed E-state index contributed by atoms with van der Waals surface area (Å²) in [5, 5.41) is 14.4. The zero-order valence-electron chi connectivity index (χ0n) is 19.5. The van der Waals surface area contributed by atoms with Crippen molar-refractivity contribution in [2.75, 3.05) is 12.8 Å². The fourth-order valence-corrected chi connectivity index (χ4v) is 4.95. The van der Waals surface area contributed by atoms with Crippen molar-refractivity contribution >= 4 is 52.5 Å². The molecule has 7 nitrogen and oxygen atoms in total. The summed E-state index contributed by atoms with van der Waals surface area (Å²) in [7, 11) is 1.54. The van der Waals surface area contributed by atoms with Crippen LogP contribution in [0.15, 0.2) is 72.8 Å². The summed E-state index contributed by atoms with van der Waals surface area (Å²) in [5.41, 5.74) is 2.47. The first-order valence-electron chi connectivity index (χ1n) is 11.1. The van der Waals surface area contributed by atoms with E-state index < -0.39 is 11.0 Å². The van der Waals surface area contributed by atoms with Gasteiger partial charge in [0.1, 0.15) is 6.04 Å². The fourth-order valence-electron chi connectivity index (χ4n) is 3.61. The van der Waals surface area contributed by atoms with E-state index in [0.717, 1.165) is 11.1 Å². The van der Waals surface area contributed by atoms with Crippen LogP contribution in [0.1, 0.15) is 16.7 Å². The number of likely N-dealkylation sites (N-methyl/N-ethyl adjacent to an activating group) is 1. The van der Waals surface area contributed by atoms with Crippen molar-refractivity contribution in [1.82, 2.24) is 10.2 Å². The predicted octanol–water partition coefficient (Wildman–Crippen LogP) is 5.52. The van der Waals surface area contributed by atoms with E-state index in [9.17, 15) is 19.7 Å². The lowest BCUT2D eigenvalue weighted by molar-refractivity contribution is -0.384. The molecule has 3 rings (SSSR count). The molecule has 0 heterocycles. The Balaban J connectivity index is 1.81.